The molecule has 0 saturated heterocycles. The van der Waals surface area contributed by atoms with E-state index in [2.05, 4.69) is 11.9 Å². The van der Waals surface area contributed by atoms with Crippen molar-refractivity contribution in [2.75, 3.05) is 10.1 Å². The number of nitrogens with zero attached hydrogens (tertiary/aromatic N) is 2. The first kappa shape index (κ1) is 19.9. The van der Waals surface area contributed by atoms with Gasteiger partial charge in [-0.15, -0.1) is 0 Å². The maximum Gasteiger partial charge on any atom is 0.235 e. The van der Waals surface area contributed by atoms with Crippen LogP contribution < -0.4 is 9.04 Å². The second-order valence-electron chi connectivity index (χ2n) is 6.33. The molecule has 146 valence electrons. The van der Waals surface area contributed by atoms with Crippen LogP contribution in [0, 0.1) is 0 Å². The highest BCUT2D eigenvalue weighted by Crippen LogP contribution is 2.30. The lowest BCUT2D eigenvalue weighted by molar-refractivity contribution is 0.477. The van der Waals surface area contributed by atoms with E-state index in [4.69, 9.17) is 4.74 Å². The lowest BCUT2D eigenvalue weighted by Gasteiger charge is -2.24. The van der Waals surface area contributed by atoms with Gasteiger partial charge in [0.25, 0.3) is 0 Å². The third-order valence-electron chi connectivity index (χ3n) is 4.44. The molecule has 0 spiro atoms. The van der Waals surface area contributed by atoms with E-state index >= 15 is 0 Å². The van der Waals surface area contributed by atoms with Gasteiger partial charge in [-0.2, -0.15) is 0 Å². The molecule has 0 aliphatic carbocycles. The van der Waals surface area contributed by atoms with E-state index in [1.165, 1.54) is 4.31 Å². The van der Waals surface area contributed by atoms with Crippen LogP contribution in [0.3, 0.4) is 0 Å². The highest BCUT2D eigenvalue weighted by Gasteiger charge is 2.21. The summed E-state index contributed by atoms with van der Waals surface area (Å²) in [6.07, 6.45) is 4.20. The largest absolute Gasteiger partial charge is 0.457 e. The molecule has 0 N–H and O–H groups in total. The van der Waals surface area contributed by atoms with E-state index < -0.39 is 10.0 Å². The number of benzene rings is 2. The number of ether oxygens (including phenoxy) is 1. The molecule has 1 aromatic heterocycles. The van der Waals surface area contributed by atoms with Crippen LogP contribution in [-0.2, 0) is 23.0 Å². The minimum atomic E-state index is -3.46. The van der Waals surface area contributed by atoms with Gasteiger partial charge in [0, 0.05) is 18.5 Å². The zero-order valence-corrected chi connectivity index (χ0v) is 16.9. The van der Waals surface area contributed by atoms with Crippen LogP contribution in [0.4, 0.5) is 5.69 Å². The number of aromatic nitrogens is 1. The molecule has 0 radical (unpaired) electrons. The Morgan fingerprint density at radius 2 is 1.82 bits per heavy atom. The molecule has 0 saturated carbocycles. The number of para-hydroxylation sites is 1. The maximum atomic E-state index is 12.7. The Morgan fingerprint density at radius 3 is 2.54 bits per heavy atom. The van der Waals surface area contributed by atoms with Crippen molar-refractivity contribution in [2.24, 2.45) is 0 Å². The molecule has 3 aromatic rings. The fraction of sp³-hybridized carbons (Fsp3) is 0.227. The molecule has 1 heterocycles. The van der Waals surface area contributed by atoms with Gasteiger partial charge < -0.3 is 4.74 Å². The minimum absolute atomic E-state index is 0.0109. The first-order valence-electron chi connectivity index (χ1n) is 9.28. The summed E-state index contributed by atoms with van der Waals surface area (Å²) in [4.78, 5) is 4.09. The summed E-state index contributed by atoms with van der Waals surface area (Å²) < 4.78 is 32.9. The van der Waals surface area contributed by atoms with Crippen molar-refractivity contribution in [3.8, 4) is 11.5 Å². The molecule has 2 aromatic carbocycles. The highest BCUT2D eigenvalue weighted by atomic mass is 32.2. The summed E-state index contributed by atoms with van der Waals surface area (Å²) in [6.45, 7) is 3.94. The van der Waals surface area contributed by atoms with Gasteiger partial charge in [-0.3, -0.25) is 9.29 Å². The molecular weight excluding hydrogens is 372 g/mol. The fourth-order valence-electron chi connectivity index (χ4n) is 2.89. The molecule has 28 heavy (non-hydrogen) atoms. The molecule has 0 aliphatic rings. The molecule has 0 fully saturated rings. The SMILES string of the molecule is CCc1ccccc1Oc1cccc(N(Cc2cccnc2)S(=O)(=O)CC)c1. The summed E-state index contributed by atoms with van der Waals surface area (Å²) in [7, 11) is -3.46. The van der Waals surface area contributed by atoms with Crippen molar-refractivity contribution in [1.82, 2.24) is 4.98 Å². The van der Waals surface area contributed by atoms with Crippen LogP contribution in [0.1, 0.15) is 25.0 Å². The number of hydrogen-bond donors (Lipinski definition) is 0. The Morgan fingerprint density at radius 1 is 1.00 bits per heavy atom. The van der Waals surface area contributed by atoms with Gasteiger partial charge in [0.2, 0.25) is 10.0 Å². The first-order chi connectivity index (χ1) is 13.5. The van der Waals surface area contributed by atoms with Crippen LogP contribution in [0.2, 0.25) is 0 Å². The van der Waals surface area contributed by atoms with Crippen molar-refractivity contribution < 1.29 is 13.2 Å². The van der Waals surface area contributed by atoms with Crippen molar-refractivity contribution in [3.05, 3.63) is 84.2 Å². The summed E-state index contributed by atoms with van der Waals surface area (Å²) in [5.74, 6) is 1.39. The molecule has 6 heteroatoms. The monoisotopic (exact) mass is 396 g/mol. The molecule has 0 atom stereocenters. The van der Waals surface area contributed by atoms with E-state index in [-0.39, 0.29) is 12.3 Å². The van der Waals surface area contributed by atoms with Crippen LogP contribution in [0.5, 0.6) is 11.5 Å². The van der Waals surface area contributed by atoms with Crippen molar-refractivity contribution in [2.45, 2.75) is 26.8 Å². The predicted molar refractivity (Wildman–Crippen MR) is 112 cm³/mol. The van der Waals surface area contributed by atoms with Crippen molar-refractivity contribution >= 4 is 15.7 Å². The van der Waals surface area contributed by atoms with E-state index in [9.17, 15) is 8.42 Å². The minimum Gasteiger partial charge on any atom is -0.457 e. The van der Waals surface area contributed by atoms with Crippen LogP contribution in [-0.4, -0.2) is 19.2 Å². The van der Waals surface area contributed by atoms with Crippen molar-refractivity contribution in [1.29, 1.82) is 0 Å². The third-order valence-corrected chi connectivity index (χ3v) is 6.18. The molecule has 3 rings (SSSR count). The Bertz CT molecular complexity index is 1020. The lowest BCUT2D eigenvalue weighted by atomic mass is 10.1. The Kier molecular flexibility index (Phi) is 6.31. The predicted octanol–water partition coefficient (Wildman–Crippen LogP) is 4.79. The Balaban J connectivity index is 1.94. The maximum absolute atomic E-state index is 12.7. The molecule has 0 amide bonds. The first-order valence-corrected chi connectivity index (χ1v) is 10.9. The van der Waals surface area contributed by atoms with Gasteiger partial charge in [0.15, 0.2) is 0 Å². The molecular formula is C22H24N2O3S. The zero-order chi connectivity index (χ0) is 20.0. The summed E-state index contributed by atoms with van der Waals surface area (Å²) in [5.41, 5.74) is 2.49. The number of rotatable bonds is 8. The Hall–Kier alpha value is -2.86. The van der Waals surface area contributed by atoms with Crippen LogP contribution in [0.25, 0.3) is 0 Å². The van der Waals surface area contributed by atoms with Crippen molar-refractivity contribution in [3.63, 3.8) is 0 Å². The number of pyridine rings is 1. The van der Waals surface area contributed by atoms with Gasteiger partial charge in [0.1, 0.15) is 11.5 Å². The number of aryl methyl sites for hydroxylation is 1. The summed E-state index contributed by atoms with van der Waals surface area (Å²) >= 11 is 0. The average Bonchev–Trinajstić information content (AvgIpc) is 2.73. The van der Waals surface area contributed by atoms with Crippen LogP contribution >= 0.6 is 0 Å². The third kappa shape index (κ3) is 4.70. The summed E-state index contributed by atoms with van der Waals surface area (Å²) in [6, 6.07) is 18.7. The van der Waals surface area contributed by atoms with E-state index in [1.807, 2.05) is 36.4 Å². The number of anilines is 1. The molecule has 0 aliphatic heterocycles. The normalized spacial score (nSPS) is 11.2. The quantitative estimate of drug-likeness (QED) is 0.549. The smallest absolute Gasteiger partial charge is 0.235 e. The van der Waals surface area contributed by atoms with Crippen LogP contribution in [0.15, 0.2) is 73.1 Å². The highest BCUT2D eigenvalue weighted by molar-refractivity contribution is 7.92. The summed E-state index contributed by atoms with van der Waals surface area (Å²) in [5, 5.41) is 0. The van der Waals surface area contributed by atoms with E-state index in [0.29, 0.717) is 11.4 Å². The van der Waals surface area contributed by atoms with Gasteiger partial charge in [-0.25, -0.2) is 8.42 Å². The topological polar surface area (TPSA) is 59.5 Å². The fourth-order valence-corrected chi connectivity index (χ4v) is 3.98. The molecule has 0 unspecified atom stereocenters. The number of hydrogen-bond acceptors (Lipinski definition) is 4. The van der Waals surface area contributed by atoms with Gasteiger partial charge >= 0.3 is 0 Å². The standard InChI is InChI=1S/C22H24N2O3S/c1-3-19-10-5-6-13-22(19)27-21-12-7-11-20(15-21)24(28(25,26)4-2)17-18-9-8-14-23-16-18/h5-16H,3-4,17H2,1-2H3. The van der Waals surface area contributed by atoms with E-state index in [1.54, 1.807) is 43.6 Å². The van der Waals surface area contributed by atoms with Gasteiger partial charge in [-0.05, 0) is 48.7 Å². The Labute approximate surface area is 166 Å². The lowest BCUT2D eigenvalue weighted by Crippen LogP contribution is -2.31. The van der Waals surface area contributed by atoms with E-state index in [0.717, 1.165) is 23.3 Å². The second kappa shape index (κ2) is 8.89. The second-order valence-corrected chi connectivity index (χ2v) is 8.51. The van der Waals surface area contributed by atoms with Gasteiger partial charge in [-0.1, -0.05) is 37.3 Å². The number of sulfonamides is 1. The van der Waals surface area contributed by atoms with Gasteiger partial charge in [0.05, 0.1) is 18.0 Å². The average molecular weight is 397 g/mol. The zero-order valence-electron chi connectivity index (χ0n) is 16.1. The molecule has 5 nitrogen and oxygen atoms in total. The molecule has 0 bridgehead atoms.